The van der Waals surface area contributed by atoms with Crippen LogP contribution < -0.4 is 30.2 Å². The van der Waals surface area contributed by atoms with E-state index in [2.05, 4.69) is 15.2 Å². The molecule has 1 saturated heterocycles. The second-order valence-electron chi connectivity index (χ2n) is 7.71. The van der Waals surface area contributed by atoms with Gasteiger partial charge in [0.05, 0.1) is 20.3 Å². The maximum absolute atomic E-state index is 6.09. The lowest BCUT2D eigenvalue weighted by molar-refractivity contribution is 0.242. The molecule has 1 unspecified atom stereocenters. The molecule has 0 bridgehead atoms. The van der Waals surface area contributed by atoms with Crippen LogP contribution in [0.5, 0.6) is 17.2 Å². The molecule has 3 rings (SSSR count). The number of ether oxygens (including phenoxy) is 3. The van der Waals surface area contributed by atoms with Crippen LogP contribution in [0.4, 0.5) is 11.4 Å². The minimum Gasteiger partial charge on any atom is -0.497 e. The lowest BCUT2D eigenvalue weighted by Gasteiger charge is -2.20. The molecule has 3 N–H and O–H groups in total. The number of aliphatic imine (C=N–C) groups is 1. The maximum atomic E-state index is 6.09. The Labute approximate surface area is 202 Å². The van der Waals surface area contributed by atoms with Gasteiger partial charge in [0.15, 0.2) is 5.96 Å². The monoisotopic (exact) mass is 540 g/mol. The molecule has 8 heteroatoms. The van der Waals surface area contributed by atoms with Crippen LogP contribution in [0.2, 0.25) is 0 Å². The molecule has 1 atom stereocenters. The summed E-state index contributed by atoms with van der Waals surface area (Å²) in [5.41, 5.74) is 8.08. The molecule has 2 aromatic rings. The summed E-state index contributed by atoms with van der Waals surface area (Å²) >= 11 is 0. The van der Waals surface area contributed by atoms with Crippen LogP contribution in [-0.4, -0.2) is 45.9 Å². The standard InChI is InChI=1S/C23H32N4O3.HI/c1-16(2)30-20-7-5-18(6-8-20)26-23(24)25-14-17-9-10-27(15-17)19-11-21(28-3)13-22(12-19)29-4;/h5-8,11-13,16-17H,9-10,14-15H2,1-4H3,(H3,24,25,26);1H. The largest absolute Gasteiger partial charge is 0.497 e. The highest BCUT2D eigenvalue weighted by molar-refractivity contribution is 14.0. The molecule has 170 valence electrons. The summed E-state index contributed by atoms with van der Waals surface area (Å²) in [7, 11) is 3.33. The molecule has 1 heterocycles. The van der Waals surface area contributed by atoms with Crippen molar-refractivity contribution < 1.29 is 14.2 Å². The van der Waals surface area contributed by atoms with Gasteiger partial charge in [0.1, 0.15) is 17.2 Å². The predicted molar refractivity (Wildman–Crippen MR) is 138 cm³/mol. The van der Waals surface area contributed by atoms with Gasteiger partial charge >= 0.3 is 0 Å². The van der Waals surface area contributed by atoms with Crippen LogP contribution in [0.3, 0.4) is 0 Å². The molecule has 0 amide bonds. The Kier molecular flexibility index (Phi) is 9.54. The van der Waals surface area contributed by atoms with Gasteiger partial charge in [-0.05, 0) is 50.5 Å². The van der Waals surface area contributed by atoms with Crippen LogP contribution in [0.25, 0.3) is 0 Å². The van der Waals surface area contributed by atoms with Crippen LogP contribution in [0, 0.1) is 5.92 Å². The second kappa shape index (κ2) is 11.9. The summed E-state index contributed by atoms with van der Waals surface area (Å²) in [6, 6.07) is 13.7. The molecule has 0 radical (unpaired) electrons. The highest BCUT2D eigenvalue weighted by atomic mass is 127. The highest BCUT2D eigenvalue weighted by Gasteiger charge is 2.23. The van der Waals surface area contributed by atoms with Crippen molar-refractivity contribution in [2.45, 2.75) is 26.4 Å². The minimum absolute atomic E-state index is 0. The van der Waals surface area contributed by atoms with Gasteiger partial charge in [-0.25, -0.2) is 0 Å². The fourth-order valence-corrected chi connectivity index (χ4v) is 3.50. The lowest BCUT2D eigenvalue weighted by Crippen LogP contribution is -2.25. The number of halogens is 1. The molecule has 0 saturated carbocycles. The zero-order chi connectivity index (χ0) is 21.5. The van der Waals surface area contributed by atoms with E-state index >= 15 is 0 Å². The molecule has 1 aliphatic rings. The summed E-state index contributed by atoms with van der Waals surface area (Å²) in [5.74, 6) is 3.30. The van der Waals surface area contributed by atoms with Gasteiger partial charge in [-0.1, -0.05) is 0 Å². The molecular formula is C23H33IN4O3. The number of hydrogen-bond donors (Lipinski definition) is 2. The van der Waals surface area contributed by atoms with Crippen molar-refractivity contribution in [2.75, 3.05) is 44.1 Å². The first kappa shape index (κ1) is 24.9. The van der Waals surface area contributed by atoms with Gasteiger partial charge in [-0.3, -0.25) is 4.99 Å². The molecular weight excluding hydrogens is 507 g/mol. The first-order chi connectivity index (χ1) is 14.5. The third kappa shape index (κ3) is 7.37. The number of anilines is 2. The number of methoxy groups -OCH3 is 2. The fraction of sp³-hybridized carbons (Fsp3) is 0.435. The number of rotatable bonds is 8. The Morgan fingerprint density at radius 3 is 2.32 bits per heavy atom. The van der Waals surface area contributed by atoms with Gasteiger partial charge in [0.25, 0.3) is 0 Å². The summed E-state index contributed by atoms with van der Waals surface area (Å²) in [4.78, 5) is 6.88. The Morgan fingerprint density at radius 2 is 1.74 bits per heavy atom. The van der Waals surface area contributed by atoms with Crippen molar-refractivity contribution in [3.8, 4) is 17.2 Å². The van der Waals surface area contributed by atoms with Crippen LogP contribution >= 0.6 is 24.0 Å². The quantitative estimate of drug-likeness (QED) is 0.294. The van der Waals surface area contributed by atoms with E-state index in [9.17, 15) is 0 Å². The molecule has 0 spiro atoms. The number of guanidine groups is 1. The van der Waals surface area contributed by atoms with E-state index in [1.54, 1.807) is 14.2 Å². The van der Waals surface area contributed by atoms with E-state index in [4.69, 9.17) is 19.9 Å². The van der Waals surface area contributed by atoms with Crippen molar-refractivity contribution in [1.82, 2.24) is 0 Å². The summed E-state index contributed by atoms with van der Waals surface area (Å²) in [6.45, 7) is 6.60. The molecule has 0 aromatic heterocycles. The summed E-state index contributed by atoms with van der Waals surface area (Å²) in [5, 5.41) is 3.14. The summed E-state index contributed by atoms with van der Waals surface area (Å²) in [6.07, 6.45) is 1.22. The Hall–Kier alpha value is -2.36. The van der Waals surface area contributed by atoms with Crippen molar-refractivity contribution in [3.63, 3.8) is 0 Å². The SMILES string of the molecule is COc1cc(OC)cc(N2CCC(CN=C(N)Nc3ccc(OC(C)C)cc3)C2)c1.I. The Bertz CT molecular complexity index is 836. The zero-order valence-electron chi connectivity index (χ0n) is 18.6. The van der Waals surface area contributed by atoms with Gasteiger partial charge in [-0.15, -0.1) is 24.0 Å². The van der Waals surface area contributed by atoms with E-state index in [1.807, 2.05) is 56.3 Å². The minimum atomic E-state index is 0. The van der Waals surface area contributed by atoms with E-state index in [1.165, 1.54) is 0 Å². The molecule has 1 fully saturated rings. The topological polar surface area (TPSA) is 81.3 Å². The predicted octanol–water partition coefficient (Wildman–Crippen LogP) is 4.36. The van der Waals surface area contributed by atoms with Crippen molar-refractivity contribution in [1.29, 1.82) is 0 Å². The number of nitrogens with zero attached hydrogens (tertiary/aromatic N) is 2. The van der Waals surface area contributed by atoms with E-state index in [0.717, 1.165) is 48.1 Å². The maximum Gasteiger partial charge on any atom is 0.193 e. The number of hydrogen-bond acceptors (Lipinski definition) is 5. The van der Waals surface area contributed by atoms with Crippen molar-refractivity contribution in [3.05, 3.63) is 42.5 Å². The van der Waals surface area contributed by atoms with Crippen LogP contribution in [0.15, 0.2) is 47.5 Å². The van der Waals surface area contributed by atoms with E-state index in [0.29, 0.717) is 18.4 Å². The van der Waals surface area contributed by atoms with Crippen molar-refractivity contribution >= 4 is 41.3 Å². The van der Waals surface area contributed by atoms with Crippen LogP contribution in [0.1, 0.15) is 20.3 Å². The lowest BCUT2D eigenvalue weighted by atomic mass is 10.1. The Balaban J connectivity index is 0.00000341. The van der Waals surface area contributed by atoms with Gasteiger partial charge in [0.2, 0.25) is 0 Å². The highest BCUT2D eigenvalue weighted by Crippen LogP contribution is 2.31. The number of nitrogens with one attached hydrogen (secondary N) is 1. The van der Waals surface area contributed by atoms with Gasteiger partial charge < -0.3 is 30.2 Å². The third-order valence-electron chi connectivity index (χ3n) is 5.01. The van der Waals surface area contributed by atoms with E-state index in [-0.39, 0.29) is 30.1 Å². The molecule has 7 nitrogen and oxygen atoms in total. The molecule has 1 aliphatic heterocycles. The molecule has 0 aliphatic carbocycles. The average molecular weight is 540 g/mol. The van der Waals surface area contributed by atoms with Crippen molar-refractivity contribution in [2.24, 2.45) is 16.6 Å². The Morgan fingerprint density at radius 1 is 1.10 bits per heavy atom. The normalized spacial score (nSPS) is 16.1. The zero-order valence-corrected chi connectivity index (χ0v) is 21.0. The molecule has 31 heavy (non-hydrogen) atoms. The average Bonchev–Trinajstić information content (AvgIpc) is 3.22. The smallest absolute Gasteiger partial charge is 0.193 e. The van der Waals surface area contributed by atoms with Gasteiger partial charge in [0, 0.05) is 49.2 Å². The summed E-state index contributed by atoms with van der Waals surface area (Å²) < 4.78 is 16.4. The fourth-order valence-electron chi connectivity index (χ4n) is 3.50. The molecule has 2 aromatic carbocycles. The number of benzene rings is 2. The van der Waals surface area contributed by atoms with E-state index < -0.39 is 0 Å². The van der Waals surface area contributed by atoms with Crippen LogP contribution in [-0.2, 0) is 0 Å². The van der Waals surface area contributed by atoms with Gasteiger partial charge in [-0.2, -0.15) is 0 Å². The first-order valence-electron chi connectivity index (χ1n) is 10.3. The number of nitrogens with two attached hydrogens (primary N) is 1. The second-order valence-corrected chi connectivity index (χ2v) is 7.71. The first-order valence-corrected chi connectivity index (χ1v) is 10.3. The third-order valence-corrected chi connectivity index (χ3v) is 5.01.